The Morgan fingerprint density at radius 2 is 1.78 bits per heavy atom. The zero-order valence-electron chi connectivity index (χ0n) is 15.8. The molecule has 1 heterocycles. The lowest BCUT2D eigenvalue weighted by molar-refractivity contribution is 0.0669. The monoisotopic (exact) mass is 360 g/mol. The molecule has 0 radical (unpaired) electrons. The highest BCUT2D eigenvalue weighted by Gasteiger charge is 2.38. The first-order valence-electron chi connectivity index (χ1n) is 7.87. The van der Waals surface area contributed by atoms with Crippen molar-refractivity contribution in [1.82, 2.24) is 9.78 Å². The molecule has 1 unspecified atom stereocenters. The summed E-state index contributed by atoms with van der Waals surface area (Å²) in [5.74, 6) is 0. The first-order valence-corrected chi connectivity index (χ1v) is 12.4. The van der Waals surface area contributed by atoms with Crippen LogP contribution in [-0.2, 0) is 15.5 Å². The van der Waals surface area contributed by atoms with Crippen LogP contribution in [0, 0.1) is 0 Å². The van der Waals surface area contributed by atoms with E-state index in [4.69, 9.17) is 5.14 Å². The number of hydrogen-bond acceptors (Lipinski definition) is 4. The molecular formula is C15H32N4O2SSi. The highest BCUT2D eigenvalue weighted by molar-refractivity contribution is 7.92. The molecule has 0 spiro atoms. The Balaban J connectivity index is 3.56. The maximum absolute atomic E-state index is 13.1. The third-order valence-corrected chi connectivity index (χ3v) is 11.7. The second-order valence-corrected chi connectivity index (χ2v) is 15.3. The number of hydrogen-bond donors (Lipinski definition) is 2. The Kier molecular flexibility index (Phi) is 5.29. The van der Waals surface area contributed by atoms with Gasteiger partial charge in [-0.15, -0.1) is 0 Å². The molecule has 1 aromatic heterocycles. The molecule has 0 amide bonds. The van der Waals surface area contributed by atoms with Gasteiger partial charge in [0.2, 0.25) is 0 Å². The van der Waals surface area contributed by atoms with Gasteiger partial charge < -0.3 is 5.11 Å². The normalized spacial score (nSPS) is 16.5. The van der Waals surface area contributed by atoms with Gasteiger partial charge >= 0.3 is 0 Å². The van der Waals surface area contributed by atoms with Crippen molar-refractivity contribution in [1.29, 1.82) is 0 Å². The van der Waals surface area contributed by atoms with Gasteiger partial charge in [0.05, 0.1) is 5.69 Å². The van der Waals surface area contributed by atoms with E-state index in [-0.39, 0.29) is 16.1 Å². The molecule has 1 atom stereocenters. The van der Waals surface area contributed by atoms with Crippen LogP contribution in [-0.4, -0.2) is 27.3 Å². The third-order valence-electron chi connectivity index (χ3n) is 4.33. The van der Waals surface area contributed by atoms with E-state index in [1.54, 1.807) is 24.6 Å². The lowest BCUT2D eigenvalue weighted by Crippen LogP contribution is -2.37. The molecule has 134 valence electrons. The lowest BCUT2D eigenvalue weighted by Gasteiger charge is -2.32. The van der Waals surface area contributed by atoms with E-state index in [0.29, 0.717) is 5.69 Å². The number of rotatable bonds is 4. The topological polar surface area (TPSA) is 93.5 Å². The Labute approximate surface area is 141 Å². The molecule has 1 rings (SSSR count). The largest absolute Gasteiger partial charge is 0.384 e. The van der Waals surface area contributed by atoms with Crippen molar-refractivity contribution in [3.63, 3.8) is 0 Å². The highest BCUT2D eigenvalue weighted by atomic mass is 32.2. The smallest absolute Gasteiger partial charge is 0.195 e. The standard InChI is InChI=1S/C15H32N4O2SSi/c1-11(2)19-12(15(6,7)20)10-13(17-19)22(16,21)18-23(8,9)14(3,4)5/h10-11,20H,1-9H3,(H2,16,18,21). The van der Waals surface area contributed by atoms with Crippen molar-refractivity contribution in [2.45, 2.75) is 83.3 Å². The van der Waals surface area contributed by atoms with Gasteiger partial charge in [-0.2, -0.15) is 5.10 Å². The van der Waals surface area contributed by atoms with Crippen LogP contribution in [0.4, 0.5) is 0 Å². The van der Waals surface area contributed by atoms with Crippen LogP contribution in [0.15, 0.2) is 15.1 Å². The van der Waals surface area contributed by atoms with Gasteiger partial charge in [0.25, 0.3) is 0 Å². The predicted octanol–water partition coefficient (Wildman–Crippen LogP) is 3.40. The molecule has 3 N–H and O–H groups in total. The molecule has 1 aromatic rings. The van der Waals surface area contributed by atoms with Crippen molar-refractivity contribution in [3.05, 3.63) is 11.8 Å². The number of aromatic nitrogens is 2. The molecule has 0 aliphatic rings. The maximum atomic E-state index is 13.1. The fourth-order valence-electron chi connectivity index (χ4n) is 1.89. The molecule has 0 aromatic carbocycles. The van der Waals surface area contributed by atoms with Crippen molar-refractivity contribution in [3.8, 4) is 0 Å². The number of nitrogens with two attached hydrogens (primary N) is 1. The Bertz CT molecular complexity index is 687. The van der Waals surface area contributed by atoms with E-state index in [1.165, 1.54) is 0 Å². The van der Waals surface area contributed by atoms with E-state index in [0.717, 1.165) is 0 Å². The van der Waals surface area contributed by atoms with E-state index < -0.39 is 23.8 Å². The highest BCUT2D eigenvalue weighted by Crippen LogP contribution is 2.38. The summed E-state index contributed by atoms with van der Waals surface area (Å²) in [4.78, 5) is 0. The summed E-state index contributed by atoms with van der Waals surface area (Å²) in [6.07, 6.45) is 0. The van der Waals surface area contributed by atoms with Crippen LogP contribution in [0.3, 0.4) is 0 Å². The van der Waals surface area contributed by atoms with Gasteiger partial charge in [0.1, 0.15) is 15.5 Å². The van der Waals surface area contributed by atoms with Crippen LogP contribution in [0.5, 0.6) is 0 Å². The minimum atomic E-state index is -3.10. The fraction of sp³-hybridized carbons (Fsp3) is 0.800. The molecule has 0 bridgehead atoms. The first kappa shape index (κ1) is 20.3. The lowest BCUT2D eigenvalue weighted by atomic mass is 10.1. The van der Waals surface area contributed by atoms with Gasteiger partial charge in [0, 0.05) is 12.1 Å². The summed E-state index contributed by atoms with van der Waals surface area (Å²) in [6, 6.07) is 1.65. The van der Waals surface area contributed by atoms with Crippen LogP contribution in [0.25, 0.3) is 0 Å². The maximum Gasteiger partial charge on any atom is 0.195 e. The molecule has 0 aliphatic carbocycles. The van der Waals surface area contributed by atoms with Gasteiger partial charge in [-0.25, -0.2) is 9.35 Å². The zero-order valence-corrected chi connectivity index (χ0v) is 17.7. The first-order chi connectivity index (χ1) is 9.99. The van der Waals surface area contributed by atoms with E-state index in [2.05, 4.69) is 43.0 Å². The molecule has 8 heteroatoms. The van der Waals surface area contributed by atoms with Crippen molar-refractivity contribution >= 4 is 18.2 Å². The Morgan fingerprint density at radius 3 is 2.09 bits per heavy atom. The minimum absolute atomic E-state index is 0.0215. The number of nitrogens with zero attached hydrogens (tertiary/aromatic N) is 3. The molecule has 0 aliphatic heterocycles. The molecular weight excluding hydrogens is 328 g/mol. The summed E-state index contributed by atoms with van der Waals surface area (Å²) in [6.45, 7) is 17.6. The molecule has 0 saturated heterocycles. The van der Waals surface area contributed by atoms with Crippen molar-refractivity contribution in [2.75, 3.05) is 0 Å². The average Bonchev–Trinajstić information content (AvgIpc) is 2.70. The SMILES string of the molecule is CC(C)n1nc(S(N)(=O)=N[Si](C)(C)C(C)(C)C)cc1C(C)(C)O. The summed E-state index contributed by atoms with van der Waals surface area (Å²) >= 11 is 0. The number of aliphatic hydroxyl groups is 1. The van der Waals surface area contributed by atoms with E-state index in [1.807, 2.05) is 13.8 Å². The van der Waals surface area contributed by atoms with Crippen molar-refractivity contribution in [2.24, 2.45) is 9.17 Å². The van der Waals surface area contributed by atoms with Gasteiger partial charge in [-0.05, 0) is 45.8 Å². The van der Waals surface area contributed by atoms with Crippen LogP contribution in [0.1, 0.15) is 60.2 Å². The minimum Gasteiger partial charge on any atom is -0.384 e. The fourth-order valence-corrected chi connectivity index (χ4v) is 6.56. The van der Waals surface area contributed by atoms with E-state index >= 15 is 0 Å². The average molecular weight is 361 g/mol. The summed E-state index contributed by atoms with van der Waals surface area (Å²) in [5, 5.41) is 21.0. The molecule has 23 heavy (non-hydrogen) atoms. The van der Waals surface area contributed by atoms with Crippen LogP contribution in [0.2, 0.25) is 18.1 Å². The third kappa shape index (κ3) is 4.43. The van der Waals surface area contributed by atoms with Crippen LogP contribution < -0.4 is 5.14 Å². The molecule has 0 saturated carbocycles. The second kappa shape index (κ2) is 5.98. The quantitative estimate of drug-likeness (QED) is 0.806. The molecule has 6 nitrogen and oxygen atoms in total. The Hall–Kier alpha value is -0.703. The van der Waals surface area contributed by atoms with Gasteiger partial charge in [-0.3, -0.25) is 8.71 Å². The van der Waals surface area contributed by atoms with Crippen molar-refractivity contribution < 1.29 is 9.32 Å². The molecule has 0 fully saturated rings. The summed E-state index contributed by atoms with van der Waals surface area (Å²) in [5.41, 5.74) is -0.506. The van der Waals surface area contributed by atoms with Gasteiger partial charge in [0.15, 0.2) is 13.3 Å². The zero-order chi connectivity index (χ0) is 18.4. The second-order valence-electron chi connectivity index (χ2n) is 8.43. The predicted molar refractivity (Wildman–Crippen MR) is 98.1 cm³/mol. The van der Waals surface area contributed by atoms with E-state index in [9.17, 15) is 9.32 Å². The van der Waals surface area contributed by atoms with Crippen LogP contribution >= 0.6 is 0 Å². The summed E-state index contributed by atoms with van der Waals surface area (Å²) in [7, 11) is -5.29. The van der Waals surface area contributed by atoms with Gasteiger partial charge in [-0.1, -0.05) is 20.8 Å². The summed E-state index contributed by atoms with van der Waals surface area (Å²) < 4.78 is 19.3. The Morgan fingerprint density at radius 1 is 1.30 bits per heavy atom.